The third-order valence-corrected chi connectivity index (χ3v) is 6.80. The van der Waals surface area contributed by atoms with Crippen LogP contribution < -0.4 is 10.1 Å². The minimum atomic E-state index is -0.398. The maximum Gasteiger partial charge on any atom is 0.269 e. The zero-order chi connectivity index (χ0) is 24.0. The smallest absolute Gasteiger partial charge is 0.269 e. The predicted octanol–water partition coefficient (Wildman–Crippen LogP) is 6.19. The van der Waals surface area contributed by atoms with Crippen LogP contribution in [0.25, 0.3) is 10.9 Å². The van der Waals surface area contributed by atoms with Gasteiger partial charge < -0.3 is 14.6 Å². The summed E-state index contributed by atoms with van der Waals surface area (Å²) in [5.41, 5.74) is 6.83. The fraction of sp³-hybridized carbons (Fsp3) is 0.310. The second-order valence-corrected chi connectivity index (χ2v) is 9.19. The van der Waals surface area contributed by atoms with Gasteiger partial charge in [0.1, 0.15) is 12.4 Å². The molecule has 1 aliphatic rings. The van der Waals surface area contributed by atoms with Gasteiger partial charge in [-0.3, -0.25) is 10.1 Å². The first kappa shape index (κ1) is 23.1. The van der Waals surface area contributed by atoms with Gasteiger partial charge in [-0.15, -0.1) is 0 Å². The third kappa shape index (κ3) is 5.38. The largest absolute Gasteiger partial charge is 0.489 e. The van der Waals surface area contributed by atoms with E-state index in [1.54, 1.807) is 12.1 Å². The summed E-state index contributed by atoms with van der Waals surface area (Å²) in [6.45, 7) is 3.36. The molecule has 6 heteroatoms. The molecule has 1 N–H and O–H groups in total. The molecule has 0 saturated carbocycles. The maximum atomic E-state index is 10.9. The summed E-state index contributed by atoms with van der Waals surface area (Å²) in [6, 6.07) is 23.4. The highest BCUT2D eigenvalue weighted by atomic mass is 16.6. The molecule has 0 fully saturated rings. The van der Waals surface area contributed by atoms with Gasteiger partial charge in [-0.25, -0.2) is 0 Å². The van der Waals surface area contributed by atoms with E-state index in [0.29, 0.717) is 12.4 Å². The van der Waals surface area contributed by atoms with Crippen molar-refractivity contribution in [2.24, 2.45) is 0 Å². The number of nitro benzene ring substituents is 1. The lowest BCUT2D eigenvalue weighted by molar-refractivity contribution is -0.384. The first-order chi connectivity index (χ1) is 17.2. The predicted molar refractivity (Wildman–Crippen MR) is 139 cm³/mol. The van der Waals surface area contributed by atoms with E-state index in [0.717, 1.165) is 44.5 Å². The molecule has 0 saturated heterocycles. The topological polar surface area (TPSA) is 69.3 Å². The fourth-order valence-corrected chi connectivity index (χ4v) is 5.05. The first-order valence-electron chi connectivity index (χ1n) is 12.4. The average Bonchev–Trinajstić information content (AvgIpc) is 3.21. The number of nitrogens with zero attached hydrogens (tertiary/aromatic N) is 2. The second kappa shape index (κ2) is 10.7. The van der Waals surface area contributed by atoms with Crippen LogP contribution in [0.1, 0.15) is 41.6 Å². The quantitative estimate of drug-likeness (QED) is 0.171. The standard InChI is InChI=1S/C29H31N3O3/c33-32(34)24-12-14-25(15-13-24)35-21-23-11-16-29-27(19-23)26-9-4-5-10-28(26)31(29)18-6-17-30-20-22-7-2-1-3-8-22/h1-3,7-8,11-16,19,30H,4-6,9-10,17-18,20-21H2. The lowest BCUT2D eigenvalue weighted by atomic mass is 9.95. The van der Waals surface area contributed by atoms with E-state index in [-0.39, 0.29) is 5.69 Å². The summed E-state index contributed by atoms with van der Waals surface area (Å²) in [5.74, 6) is 0.637. The van der Waals surface area contributed by atoms with Gasteiger partial charge in [-0.1, -0.05) is 36.4 Å². The van der Waals surface area contributed by atoms with Crippen molar-refractivity contribution in [3.05, 3.63) is 105 Å². The number of ether oxygens (including phenoxy) is 1. The maximum absolute atomic E-state index is 10.9. The lowest BCUT2D eigenvalue weighted by Gasteiger charge is -2.16. The number of aryl methyl sites for hydroxylation is 2. The van der Waals surface area contributed by atoms with Crippen LogP contribution in [0.2, 0.25) is 0 Å². The van der Waals surface area contributed by atoms with E-state index in [1.165, 1.54) is 52.7 Å². The lowest BCUT2D eigenvalue weighted by Crippen LogP contribution is -2.17. The van der Waals surface area contributed by atoms with Crippen LogP contribution in [0.15, 0.2) is 72.8 Å². The van der Waals surface area contributed by atoms with Crippen LogP contribution in [0.3, 0.4) is 0 Å². The molecule has 0 atom stereocenters. The number of rotatable bonds is 10. The second-order valence-electron chi connectivity index (χ2n) is 9.19. The molecule has 1 aliphatic carbocycles. The molecule has 0 bridgehead atoms. The van der Waals surface area contributed by atoms with Crippen molar-refractivity contribution in [2.75, 3.05) is 6.54 Å². The van der Waals surface area contributed by atoms with Crippen molar-refractivity contribution in [1.82, 2.24) is 9.88 Å². The fourth-order valence-electron chi connectivity index (χ4n) is 5.05. The highest BCUT2D eigenvalue weighted by Gasteiger charge is 2.20. The molecule has 0 amide bonds. The Balaban J connectivity index is 1.26. The first-order valence-corrected chi connectivity index (χ1v) is 12.4. The van der Waals surface area contributed by atoms with Gasteiger partial charge in [0, 0.05) is 41.8 Å². The number of benzene rings is 3. The number of hydrogen-bond acceptors (Lipinski definition) is 4. The van der Waals surface area contributed by atoms with Crippen LogP contribution in [0.5, 0.6) is 5.75 Å². The molecule has 1 aromatic heterocycles. The van der Waals surface area contributed by atoms with Crippen molar-refractivity contribution >= 4 is 16.6 Å². The highest BCUT2D eigenvalue weighted by Crippen LogP contribution is 2.33. The summed E-state index contributed by atoms with van der Waals surface area (Å²) in [7, 11) is 0. The molecule has 35 heavy (non-hydrogen) atoms. The minimum absolute atomic E-state index is 0.0713. The molecule has 180 valence electrons. The third-order valence-electron chi connectivity index (χ3n) is 6.80. The Labute approximate surface area is 205 Å². The SMILES string of the molecule is O=[N+]([O-])c1ccc(OCc2ccc3c(c2)c2c(n3CCCNCc3ccccc3)CCCC2)cc1. The number of non-ortho nitro benzene ring substituents is 1. The molecule has 0 radical (unpaired) electrons. The van der Waals surface area contributed by atoms with Crippen LogP contribution >= 0.6 is 0 Å². The number of hydrogen-bond donors (Lipinski definition) is 1. The van der Waals surface area contributed by atoms with E-state index >= 15 is 0 Å². The minimum Gasteiger partial charge on any atom is -0.489 e. The summed E-state index contributed by atoms with van der Waals surface area (Å²) >= 11 is 0. The Bertz CT molecular complexity index is 1300. The van der Waals surface area contributed by atoms with E-state index in [9.17, 15) is 10.1 Å². The van der Waals surface area contributed by atoms with Crippen molar-refractivity contribution in [3.63, 3.8) is 0 Å². The van der Waals surface area contributed by atoms with Gasteiger partial charge in [-0.2, -0.15) is 0 Å². The number of aromatic nitrogens is 1. The van der Waals surface area contributed by atoms with E-state index in [1.807, 2.05) is 0 Å². The van der Waals surface area contributed by atoms with Crippen molar-refractivity contribution in [3.8, 4) is 5.75 Å². The number of fused-ring (bicyclic) bond motifs is 3. The molecule has 4 aromatic rings. The normalized spacial score (nSPS) is 13.0. The van der Waals surface area contributed by atoms with Gasteiger partial charge in [-0.05, 0) is 79.6 Å². The van der Waals surface area contributed by atoms with E-state index in [2.05, 4.69) is 58.4 Å². The highest BCUT2D eigenvalue weighted by molar-refractivity contribution is 5.86. The zero-order valence-corrected chi connectivity index (χ0v) is 19.9. The zero-order valence-electron chi connectivity index (χ0n) is 19.9. The van der Waals surface area contributed by atoms with Gasteiger partial charge in [0.05, 0.1) is 4.92 Å². The summed E-state index contributed by atoms with van der Waals surface area (Å²) < 4.78 is 8.45. The van der Waals surface area contributed by atoms with Gasteiger partial charge in [0.15, 0.2) is 0 Å². The van der Waals surface area contributed by atoms with E-state index in [4.69, 9.17) is 4.74 Å². The molecule has 1 heterocycles. The van der Waals surface area contributed by atoms with Gasteiger partial charge >= 0.3 is 0 Å². The van der Waals surface area contributed by atoms with Gasteiger partial charge in [0.2, 0.25) is 0 Å². The summed E-state index contributed by atoms with van der Waals surface area (Å²) in [4.78, 5) is 10.5. The molecule has 0 unspecified atom stereocenters. The molecule has 0 spiro atoms. The van der Waals surface area contributed by atoms with E-state index < -0.39 is 4.92 Å². The van der Waals surface area contributed by atoms with Crippen LogP contribution in [0, 0.1) is 10.1 Å². The Hall–Kier alpha value is -3.64. The number of nitro groups is 1. The molecule has 5 rings (SSSR count). The van der Waals surface area contributed by atoms with Crippen LogP contribution in [-0.4, -0.2) is 16.0 Å². The Morgan fingerprint density at radius 3 is 2.54 bits per heavy atom. The van der Waals surface area contributed by atoms with Crippen molar-refractivity contribution in [1.29, 1.82) is 0 Å². The Morgan fingerprint density at radius 1 is 0.943 bits per heavy atom. The molecule has 3 aromatic carbocycles. The van der Waals surface area contributed by atoms with Crippen molar-refractivity contribution < 1.29 is 9.66 Å². The summed E-state index contributed by atoms with van der Waals surface area (Å²) in [6.07, 6.45) is 5.88. The monoisotopic (exact) mass is 469 g/mol. The summed E-state index contributed by atoms with van der Waals surface area (Å²) in [5, 5.41) is 15.8. The molecular weight excluding hydrogens is 438 g/mol. The molecule has 0 aliphatic heterocycles. The van der Waals surface area contributed by atoms with Crippen LogP contribution in [-0.2, 0) is 32.5 Å². The van der Waals surface area contributed by atoms with Crippen LogP contribution in [0.4, 0.5) is 5.69 Å². The molecular formula is C29H31N3O3. The molecule has 6 nitrogen and oxygen atoms in total. The average molecular weight is 470 g/mol. The Morgan fingerprint density at radius 2 is 1.74 bits per heavy atom. The number of nitrogens with one attached hydrogen (secondary N) is 1. The van der Waals surface area contributed by atoms with Crippen molar-refractivity contribution in [2.45, 2.75) is 51.8 Å². The Kier molecular flexibility index (Phi) is 7.09. The van der Waals surface area contributed by atoms with Gasteiger partial charge in [0.25, 0.3) is 5.69 Å².